The Bertz CT molecular complexity index is 398. The summed E-state index contributed by atoms with van der Waals surface area (Å²) >= 11 is 0. The molecule has 1 aliphatic heterocycles. The molecule has 2 amide bonds. The highest BCUT2D eigenvalue weighted by atomic mass is 19.4. The van der Waals surface area contributed by atoms with Gasteiger partial charge in [-0.05, 0) is 12.8 Å². The number of alkyl halides is 3. The number of hydrogen-bond acceptors (Lipinski definition) is 4. The third-order valence-corrected chi connectivity index (χ3v) is 3.32. The van der Waals surface area contributed by atoms with Gasteiger partial charge in [-0.25, -0.2) is 4.79 Å². The maximum atomic E-state index is 12.8. The molecule has 2 rings (SSSR count). The first-order valence-electron chi connectivity index (χ1n) is 5.43. The number of carbonyl (C=O) groups excluding carboxylic acids is 3. The van der Waals surface area contributed by atoms with Gasteiger partial charge in [-0.3, -0.25) is 9.59 Å². The van der Waals surface area contributed by atoms with Gasteiger partial charge in [0.25, 0.3) is 11.8 Å². The third kappa shape index (κ3) is 1.75. The summed E-state index contributed by atoms with van der Waals surface area (Å²) in [4.78, 5) is 38.2. The van der Waals surface area contributed by atoms with Crippen LogP contribution in [0, 0.1) is 5.41 Å². The summed E-state index contributed by atoms with van der Waals surface area (Å²) in [6.45, 7) is 0. The highest BCUT2D eigenvalue weighted by Crippen LogP contribution is 2.53. The number of hydrogen-bond donors (Lipinski definition) is 0. The zero-order chi connectivity index (χ0) is 13.6. The van der Waals surface area contributed by atoms with Gasteiger partial charge >= 0.3 is 12.1 Å². The van der Waals surface area contributed by atoms with Gasteiger partial charge < -0.3 is 4.84 Å². The minimum atomic E-state index is -4.73. The lowest BCUT2D eigenvalue weighted by molar-refractivity contribution is -0.268. The molecular weight excluding hydrogens is 255 g/mol. The quantitative estimate of drug-likeness (QED) is 0.706. The summed E-state index contributed by atoms with van der Waals surface area (Å²) in [6.07, 6.45) is -5.50. The number of halogens is 3. The van der Waals surface area contributed by atoms with Crippen molar-refractivity contribution in [1.29, 1.82) is 0 Å². The maximum Gasteiger partial charge on any atom is 0.405 e. The van der Waals surface area contributed by atoms with Crippen LogP contribution < -0.4 is 0 Å². The smallest absolute Gasteiger partial charge is 0.329 e. The van der Waals surface area contributed by atoms with Crippen LogP contribution in [0.5, 0.6) is 0 Å². The second-order valence-electron chi connectivity index (χ2n) is 4.39. The van der Waals surface area contributed by atoms with Crippen LogP contribution in [0.15, 0.2) is 0 Å². The number of imide groups is 1. The van der Waals surface area contributed by atoms with Crippen LogP contribution >= 0.6 is 0 Å². The molecule has 0 atom stereocenters. The molecule has 2 aliphatic rings. The predicted molar refractivity (Wildman–Crippen MR) is 49.5 cm³/mol. The van der Waals surface area contributed by atoms with Crippen molar-refractivity contribution in [2.24, 2.45) is 5.41 Å². The second-order valence-corrected chi connectivity index (χ2v) is 4.39. The first-order valence-corrected chi connectivity index (χ1v) is 5.43. The molecule has 0 spiro atoms. The predicted octanol–water partition coefficient (Wildman–Crippen LogP) is 1.33. The second kappa shape index (κ2) is 3.96. The van der Waals surface area contributed by atoms with E-state index in [1.54, 1.807) is 0 Å². The summed E-state index contributed by atoms with van der Waals surface area (Å²) in [5.41, 5.74) is -2.56. The minimum Gasteiger partial charge on any atom is -0.329 e. The minimum absolute atomic E-state index is 0.147. The molecule has 1 heterocycles. The van der Waals surface area contributed by atoms with Gasteiger partial charge in [0.1, 0.15) is 0 Å². The van der Waals surface area contributed by atoms with Crippen LogP contribution in [0.2, 0.25) is 0 Å². The van der Waals surface area contributed by atoms with E-state index < -0.39 is 29.4 Å². The van der Waals surface area contributed by atoms with E-state index in [0.717, 1.165) is 0 Å². The molecule has 18 heavy (non-hydrogen) atoms. The topological polar surface area (TPSA) is 63.7 Å². The van der Waals surface area contributed by atoms with Crippen molar-refractivity contribution in [3.8, 4) is 0 Å². The van der Waals surface area contributed by atoms with Gasteiger partial charge in [-0.2, -0.15) is 13.2 Å². The van der Waals surface area contributed by atoms with Crippen molar-refractivity contribution < 1.29 is 32.4 Å². The van der Waals surface area contributed by atoms with Crippen LogP contribution in [-0.4, -0.2) is 29.0 Å². The molecule has 1 aliphatic carbocycles. The molecule has 0 bridgehead atoms. The van der Waals surface area contributed by atoms with Crippen molar-refractivity contribution in [3.63, 3.8) is 0 Å². The third-order valence-electron chi connectivity index (χ3n) is 3.32. The van der Waals surface area contributed by atoms with Crippen molar-refractivity contribution in [1.82, 2.24) is 5.06 Å². The van der Waals surface area contributed by atoms with E-state index in [9.17, 15) is 27.6 Å². The molecule has 1 saturated carbocycles. The fraction of sp³-hybridized carbons (Fsp3) is 0.700. The molecule has 0 unspecified atom stereocenters. The zero-order valence-electron chi connectivity index (χ0n) is 9.25. The molecular formula is C10H10F3NO4. The number of nitrogens with zero attached hydrogens (tertiary/aromatic N) is 1. The van der Waals surface area contributed by atoms with E-state index in [1.165, 1.54) is 0 Å². The van der Waals surface area contributed by atoms with Gasteiger partial charge in [-0.1, -0.05) is 6.42 Å². The Morgan fingerprint density at radius 2 is 1.67 bits per heavy atom. The first-order chi connectivity index (χ1) is 8.28. The Balaban J connectivity index is 2.12. The van der Waals surface area contributed by atoms with E-state index in [0.29, 0.717) is 0 Å². The molecule has 5 nitrogen and oxygen atoms in total. The fourth-order valence-electron chi connectivity index (χ4n) is 1.96. The Morgan fingerprint density at radius 3 is 2.00 bits per heavy atom. The van der Waals surface area contributed by atoms with Crippen molar-refractivity contribution in [3.05, 3.63) is 0 Å². The highest BCUT2D eigenvalue weighted by Gasteiger charge is 2.65. The molecule has 0 radical (unpaired) electrons. The van der Waals surface area contributed by atoms with Crippen LogP contribution in [0.25, 0.3) is 0 Å². The lowest BCUT2D eigenvalue weighted by atomic mass is 9.68. The number of hydroxylamine groups is 2. The molecule has 100 valence electrons. The van der Waals surface area contributed by atoms with E-state index in [2.05, 4.69) is 4.84 Å². The Labute approximate surface area is 99.8 Å². The summed E-state index contributed by atoms with van der Waals surface area (Å²) in [5, 5.41) is 0.147. The maximum absolute atomic E-state index is 12.8. The Kier molecular flexibility index (Phi) is 2.83. The van der Waals surface area contributed by atoms with E-state index in [-0.39, 0.29) is 37.2 Å². The SMILES string of the molecule is O=C1CCC(=O)N1OC(=O)C1(C(F)(F)F)CCC1. The monoisotopic (exact) mass is 265 g/mol. The molecule has 1 saturated heterocycles. The lowest BCUT2D eigenvalue weighted by Crippen LogP contribution is -2.53. The van der Waals surface area contributed by atoms with Gasteiger partial charge in [0.2, 0.25) is 0 Å². The summed E-state index contributed by atoms with van der Waals surface area (Å²) in [6, 6.07) is 0. The standard InChI is InChI=1S/C10H10F3NO4/c11-10(12,13)9(4-1-5-9)8(17)18-14-6(15)2-3-7(14)16/h1-5H2. The Hall–Kier alpha value is -1.60. The Morgan fingerprint density at radius 1 is 1.17 bits per heavy atom. The van der Waals surface area contributed by atoms with Crippen molar-refractivity contribution in [2.75, 3.05) is 0 Å². The van der Waals surface area contributed by atoms with Crippen LogP contribution in [0.1, 0.15) is 32.1 Å². The molecule has 0 aromatic rings. The summed E-state index contributed by atoms with van der Waals surface area (Å²) < 4.78 is 38.4. The number of amides is 2. The summed E-state index contributed by atoms with van der Waals surface area (Å²) in [7, 11) is 0. The molecule has 0 N–H and O–H groups in total. The largest absolute Gasteiger partial charge is 0.405 e. The first kappa shape index (κ1) is 12.8. The fourth-order valence-corrected chi connectivity index (χ4v) is 1.96. The van der Waals surface area contributed by atoms with Crippen LogP contribution in [0.3, 0.4) is 0 Å². The molecule has 0 aromatic heterocycles. The van der Waals surface area contributed by atoms with Gasteiger partial charge in [0.15, 0.2) is 5.41 Å². The highest BCUT2D eigenvalue weighted by molar-refractivity contribution is 6.01. The number of rotatable bonds is 2. The average molecular weight is 265 g/mol. The van der Waals surface area contributed by atoms with Crippen molar-refractivity contribution in [2.45, 2.75) is 38.3 Å². The lowest BCUT2D eigenvalue weighted by Gasteiger charge is -2.40. The van der Waals surface area contributed by atoms with E-state index in [4.69, 9.17) is 0 Å². The van der Waals surface area contributed by atoms with Crippen LogP contribution in [0.4, 0.5) is 13.2 Å². The van der Waals surface area contributed by atoms with Gasteiger partial charge in [-0.15, -0.1) is 5.06 Å². The van der Waals surface area contributed by atoms with E-state index >= 15 is 0 Å². The van der Waals surface area contributed by atoms with E-state index in [1.807, 2.05) is 0 Å². The van der Waals surface area contributed by atoms with Gasteiger partial charge in [0.05, 0.1) is 0 Å². The normalized spacial score (nSPS) is 22.9. The van der Waals surface area contributed by atoms with Crippen LogP contribution in [-0.2, 0) is 19.2 Å². The summed E-state index contributed by atoms with van der Waals surface area (Å²) in [5.74, 6) is -3.14. The van der Waals surface area contributed by atoms with Gasteiger partial charge in [0, 0.05) is 12.8 Å². The molecule has 8 heteroatoms. The van der Waals surface area contributed by atoms with Crippen molar-refractivity contribution >= 4 is 17.8 Å². The number of carbonyl (C=O) groups is 3. The molecule has 0 aromatic carbocycles. The zero-order valence-corrected chi connectivity index (χ0v) is 9.25. The molecule has 2 fully saturated rings. The average Bonchev–Trinajstić information content (AvgIpc) is 2.45.